The average molecular weight is 336 g/mol. The van der Waals surface area contributed by atoms with Crippen LogP contribution in [0.4, 0.5) is 19.0 Å². The van der Waals surface area contributed by atoms with Gasteiger partial charge in [-0.2, -0.15) is 13.2 Å². The molecule has 0 atom stereocenters. The Hall–Kier alpha value is -2.83. The number of pyridine rings is 1. The molecule has 0 aliphatic carbocycles. The zero-order chi connectivity index (χ0) is 17.6. The van der Waals surface area contributed by atoms with E-state index in [1.807, 2.05) is 6.92 Å². The highest BCUT2D eigenvalue weighted by Crippen LogP contribution is 2.28. The SMILES string of the molecule is CCOc1ccc(/C=C/C(=O)Nc2ccc(C(F)(F)F)cn2)cc1. The molecule has 0 bridgehead atoms. The molecular weight excluding hydrogens is 321 g/mol. The van der Waals surface area contributed by atoms with Crippen molar-refractivity contribution in [1.82, 2.24) is 4.98 Å². The molecule has 0 fully saturated rings. The van der Waals surface area contributed by atoms with Crippen LogP contribution in [0, 0.1) is 0 Å². The maximum absolute atomic E-state index is 12.4. The van der Waals surface area contributed by atoms with Crippen LogP contribution in [0.2, 0.25) is 0 Å². The lowest BCUT2D eigenvalue weighted by atomic mass is 10.2. The summed E-state index contributed by atoms with van der Waals surface area (Å²) >= 11 is 0. The number of carbonyl (C=O) groups excluding carboxylic acids is 1. The first-order chi connectivity index (χ1) is 11.4. The molecule has 0 spiro atoms. The minimum Gasteiger partial charge on any atom is -0.494 e. The summed E-state index contributed by atoms with van der Waals surface area (Å²) in [4.78, 5) is 15.3. The Morgan fingerprint density at radius 1 is 1.21 bits per heavy atom. The molecule has 0 aliphatic heterocycles. The first-order valence-electron chi connectivity index (χ1n) is 7.13. The summed E-state index contributed by atoms with van der Waals surface area (Å²) < 4.78 is 42.6. The van der Waals surface area contributed by atoms with Gasteiger partial charge in [-0.15, -0.1) is 0 Å². The highest BCUT2D eigenvalue weighted by molar-refractivity contribution is 6.01. The van der Waals surface area contributed by atoms with Crippen LogP contribution in [-0.2, 0) is 11.0 Å². The van der Waals surface area contributed by atoms with Gasteiger partial charge in [0.05, 0.1) is 12.2 Å². The number of hydrogen-bond donors (Lipinski definition) is 1. The molecule has 1 aromatic carbocycles. The lowest BCUT2D eigenvalue weighted by Gasteiger charge is -2.06. The van der Waals surface area contributed by atoms with Gasteiger partial charge in [-0.3, -0.25) is 4.79 Å². The zero-order valence-corrected chi connectivity index (χ0v) is 12.8. The van der Waals surface area contributed by atoms with Gasteiger partial charge in [-0.25, -0.2) is 4.98 Å². The highest BCUT2D eigenvalue weighted by atomic mass is 19.4. The minimum atomic E-state index is -4.46. The zero-order valence-electron chi connectivity index (χ0n) is 12.8. The highest BCUT2D eigenvalue weighted by Gasteiger charge is 2.30. The fourth-order valence-electron chi connectivity index (χ4n) is 1.82. The number of nitrogens with zero attached hydrogens (tertiary/aromatic N) is 1. The van der Waals surface area contributed by atoms with Crippen molar-refractivity contribution < 1.29 is 22.7 Å². The Morgan fingerprint density at radius 3 is 2.46 bits per heavy atom. The Bertz CT molecular complexity index is 708. The van der Waals surface area contributed by atoms with Crippen LogP contribution >= 0.6 is 0 Å². The van der Waals surface area contributed by atoms with Gasteiger partial charge in [0.1, 0.15) is 11.6 Å². The standard InChI is InChI=1S/C17H15F3N2O2/c1-2-24-14-7-3-12(4-8-14)5-10-16(23)22-15-9-6-13(11-21-15)17(18,19)20/h3-11H,2H2,1H3,(H,21,22,23)/b10-5+. The third kappa shape index (κ3) is 5.12. The topological polar surface area (TPSA) is 51.2 Å². The number of nitrogens with one attached hydrogen (secondary N) is 1. The lowest BCUT2D eigenvalue weighted by molar-refractivity contribution is -0.137. The number of amides is 1. The Balaban J connectivity index is 1.95. The van der Waals surface area contributed by atoms with Crippen LogP contribution in [0.5, 0.6) is 5.75 Å². The average Bonchev–Trinajstić information content (AvgIpc) is 2.54. The molecule has 1 amide bonds. The summed E-state index contributed by atoms with van der Waals surface area (Å²) in [6, 6.07) is 9.08. The molecule has 1 aromatic heterocycles. The van der Waals surface area contributed by atoms with Gasteiger partial charge in [-0.1, -0.05) is 12.1 Å². The number of hydrogen-bond acceptors (Lipinski definition) is 3. The number of anilines is 1. The van der Waals surface area contributed by atoms with Gasteiger partial charge >= 0.3 is 6.18 Å². The first-order valence-corrected chi connectivity index (χ1v) is 7.13. The van der Waals surface area contributed by atoms with E-state index in [1.54, 1.807) is 30.3 Å². The van der Waals surface area contributed by atoms with E-state index in [-0.39, 0.29) is 5.82 Å². The summed E-state index contributed by atoms with van der Waals surface area (Å²) in [5, 5.41) is 2.39. The van der Waals surface area contributed by atoms with Crippen LogP contribution in [0.1, 0.15) is 18.1 Å². The van der Waals surface area contributed by atoms with Gasteiger partial charge < -0.3 is 10.1 Å². The van der Waals surface area contributed by atoms with Crippen LogP contribution in [0.15, 0.2) is 48.7 Å². The number of rotatable bonds is 5. The molecule has 1 N–H and O–H groups in total. The summed E-state index contributed by atoms with van der Waals surface area (Å²) in [5.74, 6) is 0.286. The molecule has 4 nitrogen and oxygen atoms in total. The van der Waals surface area contributed by atoms with Crippen molar-refractivity contribution in [2.45, 2.75) is 13.1 Å². The predicted molar refractivity (Wildman–Crippen MR) is 84.5 cm³/mol. The predicted octanol–water partition coefficient (Wildman–Crippen LogP) is 4.15. The second-order valence-electron chi connectivity index (χ2n) is 4.75. The van der Waals surface area contributed by atoms with Gasteiger partial charge in [0.2, 0.25) is 5.91 Å². The van der Waals surface area contributed by atoms with Gasteiger partial charge in [0.15, 0.2) is 0 Å². The van der Waals surface area contributed by atoms with Crippen LogP contribution < -0.4 is 10.1 Å². The summed E-state index contributed by atoms with van der Waals surface area (Å²) in [7, 11) is 0. The van der Waals surface area contributed by atoms with E-state index in [9.17, 15) is 18.0 Å². The molecule has 0 saturated carbocycles. The van der Waals surface area contributed by atoms with Crippen molar-refractivity contribution in [2.24, 2.45) is 0 Å². The molecule has 7 heteroatoms. The van der Waals surface area contributed by atoms with E-state index in [1.165, 1.54) is 6.08 Å². The fraction of sp³-hybridized carbons (Fsp3) is 0.176. The van der Waals surface area contributed by atoms with Crippen molar-refractivity contribution in [3.63, 3.8) is 0 Å². The van der Waals surface area contributed by atoms with E-state index in [0.29, 0.717) is 12.8 Å². The maximum Gasteiger partial charge on any atom is 0.417 e. The maximum atomic E-state index is 12.4. The van der Waals surface area contributed by atoms with E-state index in [4.69, 9.17) is 4.74 Å². The van der Waals surface area contributed by atoms with Crippen LogP contribution in [-0.4, -0.2) is 17.5 Å². The molecule has 0 unspecified atom stereocenters. The largest absolute Gasteiger partial charge is 0.494 e. The van der Waals surface area contributed by atoms with Crippen molar-refractivity contribution >= 4 is 17.8 Å². The molecule has 2 rings (SSSR count). The van der Waals surface area contributed by atoms with Crippen molar-refractivity contribution in [3.8, 4) is 5.75 Å². The Labute approximate surface area is 137 Å². The number of benzene rings is 1. The number of ether oxygens (including phenoxy) is 1. The second kappa shape index (κ2) is 7.63. The third-order valence-electron chi connectivity index (χ3n) is 2.96. The Kier molecular flexibility index (Phi) is 5.57. The lowest BCUT2D eigenvalue weighted by Crippen LogP contribution is -2.11. The van der Waals surface area contributed by atoms with Crippen LogP contribution in [0.3, 0.4) is 0 Å². The fourth-order valence-corrected chi connectivity index (χ4v) is 1.82. The first kappa shape index (κ1) is 17.5. The number of halogens is 3. The second-order valence-corrected chi connectivity index (χ2v) is 4.75. The monoisotopic (exact) mass is 336 g/mol. The number of carbonyl (C=O) groups is 1. The summed E-state index contributed by atoms with van der Waals surface area (Å²) in [6.45, 7) is 2.45. The van der Waals surface area contributed by atoms with Crippen molar-refractivity contribution in [2.75, 3.05) is 11.9 Å². The minimum absolute atomic E-state index is 0.0457. The quantitative estimate of drug-likeness (QED) is 0.835. The molecule has 1 heterocycles. The molecule has 0 saturated heterocycles. The molecular formula is C17H15F3N2O2. The number of aromatic nitrogens is 1. The molecule has 2 aromatic rings. The molecule has 0 radical (unpaired) electrons. The van der Waals surface area contributed by atoms with E-state index in [2.05, 4.69) is 10.3 Å². The molecule has 24 heavy (non-hydrogen) atoms. The van der Waals surface area contributed by atoms with E-state index in [0.717, 1.165) is 23.4 Å². The number of alkyl halides is 3. The van der Waals surface area contributed by atoms with Crippen molar-refractivity contribution in [1.29, 1.82) is 0 Å². The molecule has 126 valence electrons. The van der Waals surface area contributed by atoms with Gasteiger partial charge in [0, 0.05) is 12.3 Å². The van der Waals surface area contributed by atoms with Crippen LogP contribution in [0.25, 0.3) is 6.08 Å². The smallest absolute Gasteiger partial charge is 0.417 e. The molecule has 0 aliphatic rings. The summed E-state index contributed by atoms with van der Waals surface area (Å²) in [5.41, 5.74) is -0.0839. The van der Waals surface area contributed by atoms with Crippen molar-refractivity contribution in [3.05, 3.63) is 59.8 Å². The van der Waals surface area contributed by atoms with Gasteiger partial charge in [0.25, 0.3) is 0 Å². The van der Waals surface area contributed by atoms with E-state index >= 15 is 0 Å². The normalized spacial score (nSPS) is 11.5. The van der Waals surface area contributed by atoms with E-state index < -0.39 is 17.6 Å². The third-order valence-corrected chi connectivity index (χ3v) is 2.96. The Morgan fingerprint density at radius 2 is 1.92 bits per heavy atom. The van der Waals surface area contributed by atoms with Gasteiger partial charge in [-0.05, 0) is 42.8 Å². The summed E-state index contributed by atoms with van der Waals surface area (Å²) in [6.07, 6.45) is -0.931.